The summed E-state index contributed by atoms with van der Waals surface area (Å²) in [5.41, 5.74) is 1.05. The largest absolute Gasteiger partial charge is 0.455 e. The third kappa shape index (κ3) is 7.34. The number of carbonyl (C=O) groups is 3. The number of halogens is 2. The van der Waals surface area contributed by atoms with Crippen LogP contribution in [0.2, 0.25) is 0 Å². The minimum Gasteiger partial charge on any atom is -0.455 e. The van der Waals surface area contributed by atoms with Crippen molar-refractivity contribution >= 4 is 44.6 Å². The first-order valence-electron chi connectivity index (χ1n) is 17.0. The van der Waals surface area contributed by atoms with E-state index < -0.39 is 40.6 Å². The Kier molecular flexibility index (Phi) is 9.81. The average molecular weight is 737 g/mol. The van der Waals surface area contributed by atoms with Crippen molar-refractivity contribution in [2.75, 3.05) is 57.0 Å². The van der Waals surface area contributed by atoms with Gasteiger partial charge in [-0.05, 0) is 81.6 Å². The van der Waals surface area contributed by atoms with Crippen LogP contribution in [0.25, 0.3) is 33.4 Å². The molecular formula is C38H42F2N4O7S. The molecule has 52 heavy (non-hydrogen) atoms. The second-order valence-corrected chi connectivity index (χ2v) is 16.4. The van der Waals surface area contributed by atoms with Gasteiger partial charge < -0.3 is 24.3 Å². The number of benzene rings is 3. The lowest BCUT2D eigenvalue weighted by Gasteiger charge is -2.27. The summed E-state index contributed by atoms with van der Waals surface area (Å²) in [5, 5.41) is 2.94. The molecule has 11 nitrogen and oxygen atoms in total. The Labute approximate surface area is 301 Å². The van der Waals surface area contributed by atoms with E-state index in [1.54, 1.807) is 40.1 Å². The molecule has 2 aliphatic rings. The van der Waals surface area contributed by atoms with Crippen molar-refractivity contribution in [2.24, 2.45) is 5.41 Å². The van der Waals surface area contributed by atoms with Gasteiger partial charge in [0.1, 0.15) is 29.4 Å². The van der Waals surface area contributed by atoms with Gasteiger partial charge in [-0.1, -0.05) is 12.1 Å². The number of furan rings is 1. The number of nitrogens with zero attached hydrogens (tertiary/aromatic N) is 3. The number of ether oxygens (including phenoxy) is 1. The van der Waals surface area contributed by atoms with Crippen LogP contribution in [0.4, 0.5) is 19.3 Å². The molecule has 0 saturated carbocycles. The molecule has 1 unspecified atom stereocenters. The third-order valence-electron chi connectivity index (χ3n) is 9.56. The summed E-state index contributed by atoms with van der Waals surface area (Å²) in [6.07, 6.45) is 2.07. The Bertz CT molecular complexity index is 2150. The highest BCUT2D eigenvalue weighted by Gasteiger charge is 2.47. The molecule has 3 aromatic carbocycles. The Morgan fingerprint density at radius 3 is 2.29 bits per heavy atom. The van der Waals surface area contributed by atoms with Crippen LogP contribution in [0, 0.1) is 11.2 Å². The fraction of sp³-hybridized carbons (Fsp3) is 0.395. The SMILES string of the molecule is CNC(=O)c1c(-c2ccc(F)cc2)oc2cc(N(CCF)S(C)(=O)=O)c(-c3cccc(C(=O)N4CCC5(CCN(C(=O)OC(C)(C)C)C5)C4)c3)cc12. The fourth-order valence-electron chi connectivity index (χ4n) is 7.13. The molecule has 1 spiro atoms. The smallest absolute Gasteiger partial charge is 0.410 e. The number of nitrogens with one attached hydrogen (secondary N) is 1. The summed E-state index contributed by atoms with van der Waals surface area (Å²) >= 11 is 0. The molecule has 6 rings (SSSR count). The van der Waals surface area contributed by atoms with Crippen LogP contribution < -0.4 is 9.62 Å². The zero-order valence-corrected chi connectivity index (χ0v) is 30.6. The van der Waals surface area contributed by atoms with Gasteiger partial charge in [-0.15, -0.1) is 0 Å². The molecule has 0 aliphatic carbocycles. The first kappa shape index (κ1) is 36.8. The lowest BCUT2D eigenvalue weighted by Crippen LogP contribution is -2.38. The second-order valence-electron chi connectivity index (χ2n) is 14.5. The predicted octanol–water partition coefficient (Wildman–Crippen LogP) is 6.47. The Morgan fingerprint density at radius 1 is 0.981 bits per heavy atom. The highest BCUT2D eigenvalue weighted by atomic mass is 32.2. The van der Waals surface area contributed by atoms with Gasteiger partial charge in [-0.3, -0.25) is 13.9 Å². The third-order valence-corrected chi connectivity index (χ3v) is 10.7. The van der Waals surface area contributed by atoms with Crippen LogP contribution in [0.5, 0.6) is 0 Å². The molecule has 1 atom stereocenters. The zero-order chi connectivity index (χ0) is 37.6. The minimum absolute atomic E-state index is 0.0911. The monoisotopic (exact) mass is 736 g/mol. The lowest BCUT2D eigenvalue weighted by molar-refractivity contribution is 0.0274. The highest BCUT2D eigenvalue weighted by Crippen LogP contribution is 2.43. The fourth-order valence-corrected chi connectivity index (χ4v) is 8.04. The zero-order valence-electron chi connectivity index (χ0n) is 29.8. The number of amides is 3. The molecule has 3 heterocycles. The minimum atomic E-state index is -4.02. The normalized spacial score (nSPS) is 17.6. The van der Waals surface area contributed by atoms with E-state index >= 15 is 0 Å². The van der Waals surface area contributed by atoms with E-state index in [0.29, 0.717) is 53.8 Å². The molecule has 276 valence electrons. The summed E-state index contributed by atoms with van der Waals surface area (Å²) < 4.78 is 66.5. The Hall–Kier alpha value is -4.98. The number of anilines is 1. The van der Waals surface area contributed by atoms with Crippen LogP contribution in [0.3, 0.4) is 0 Å². The van der Waals surface area contributed by atoms with E-state index in [1.807, 2.05) is 20.8 Å². The predicted molar refractivity (Wildman–Crippen MR) is 194 cm³/mol. The van der Waals surface area contributed by atoms with Crippen LogP contribution in [0.1, 0.15) is 54.3 Å². The first-order chi connectivity index (χ1) is 24.5. The van der Waals surface area contributed by atoms with E-state index in [-0.39, 0.29) is 40.0 Å². The van der Waals surface area contributed by atoms with Crippen LogP contribution in [-0.4, -0.2) is 94.4 Å². The average Bonchev–Trinajstić information content (AvgIpc) is 3.82. The number of hydrogen-bond acceptors (Lipinski definition) is 7. The van der Waals surface area contributed by atoms with E-state index in [4.69, 9.17) is 9.15 Å². The molecular weight excluding hydrogens is 695 g/mol. The summed E-state index contributed by atoms with van der Waals surface area (Å²) in [4.78, 5) is 43.5. The number of rotatable bonds is 8. The van der Waals surface area contributed by atoms with E-state index in [0.717, 1.165) is 23.4 Å². The maximum absolute atomic E-state index is 14.0. The van der Waals surface area contributed by atoms with E-state index in [1.165, 1.54) is 37.4 Å². The van der Waals surface area contributed by atoms with Crippen molar-refractivity contribution in [3.05, 3.63) is 77.6 Å². The number of fused-ring (bicyclic) bond motifs is 1. The van der Waals surface area contributed by atoms with Gasteiger partial charge in [0.25, 0.3) is 11.8 Å². The molecule has 2 saturated heterocycles. The Morgan fingerprint density at radius 2 is 1.65 bits per heavy atom. The maximum Gasteiger partial charge on any atom is 0.410 e. The number of hydrogen-bond donors (Lipinski definition) is 1. The van der Waals surface area contributed by atoms with Crippen LogP contribution in [-0.2, 0) is 14.8 Å². The summed E-state index contributed by atoms with van der Waals surface area (Å²) in [5.74, 6) is -1.07. The quantitative estimate of drug-likeness (QED) is 0.220. The van der Waals surface area contributed by atoms with Gasteiger partial charge >= 0.3 is 6.09 Å². The van der Waals surface area contributed by atoms with Gasteiger partial charge in [0, 0.05) is 66.8 Å². The van der Waals surface area contributed by atoms with E-state index in [2.05, 4.69) is 5.32 Å². The van der Waals surface area contributed by atoms with Crippen LogP contribution >= 0.6 is 0 Å². The number of likely N-dealkylation sites (tertiary alicyclic amines) is 2. The lowest BCUT2D eigenvalue weighted by atomic mass is 9.86. The highest BCUT2D eigenvalue weighted by molar-refractivity contribution is 7.92. The summed E-state index contributed by atoms with van der Waals surface area (Å²) in [7, 11) is -2.56. The van der Waals surface area contributed by atoms with Gasteiger partial charge in [0.15, 0.2) is 0 Å². The first-order valence-corrected chi connectivity index (χ1v) is 18.9. The van der Waals surface area contributed by atoms with Crippen molar-refractivity contribution in [1.82, 2.24) is 15.1 Å². The Balaban J connectivity index is 1.40. The number of carbonyl (C=O) groups excluding carboxylic acids is 3. The summed E-state index contributed by atoms with van der Waals surface area (Å²) in [6, 6.07) is 15.1. The second kappa shape index (κ2) is 13.9. The van der Waals surface area contributed by atoms with E-state index in [9.17, 15) is 31.6 Å². The number of alkyl halides is 1. The molecule has 3 amide bonds. The van der Waals surface area contributed by atoms with Crippen molar-refractivity contribution in [2.45, 2.75) is 39.2 Å². The van der Waals surface area contributed by atoms with Crippen molar-refractivity contribution < 1.29 is 40.7 Å². The molecule has 1 N–H and O–H groups in total. The molecule has 2 fully saturated rings. The molecule has 2 aliphatic heterocycles. The topological polar surface area (TPSA) is 129 Å². The number of sulfonamides is 1. The molecule has 4 aromatic rings. The summed E-state index contributed by atoms with van der Waals surface area (Å²) in [6.45, 7) is 5.99. The maximum atomic E-state index is 14.0. The van der Waals surface area contributed by atoms with Crippen molar-refractivity contribution in [3.8, 4) is 22.5 Å². The van der Waals surface area contributed by atoms with Gasteiger partial charge in [-0.2, -0.15) is 0 Å². The molecule has 0 radical (unpaired) electrons. The van der Waals surface area contributed by atoms with Gasteiger partial charge in [0.2, 0.25) is 10.0 Å². The standard InChI is InChI=1S/C38H42F2N4O7S/c1-37(2,3)51-36(47)43-17-14-38(23-43)13-16-42(22-38)35(46)26-8-6-7-25(19-26)28-20-29-31(21-30(28)44(18-15-39)52(5,48)49)50-33(32(29)34(45)41-4)24-9-11-27(40)12-10-24/h6-12,19-21H,13-18,22-23H2,1-5H3,(H,41,45). The van der Waals surface area contributed by atoms with Crippen molar-refractivity contribution in [1.29, 1.82) is 0 Å². The molecule has 14 heteroatoms. The molecule has 0 bridgehead atoms. The molecule has 1 aromatic heterocycles. The van der Waals surface area contributed by atoms with Crippen LogP contribution in [0.15, 0.2) is 65.1 Å². The van der Waals surface area contributed by atoms with Crippen molar-refractivity contribution in [3.63, 3.8) is 0 Å². The van der Waals surface area contributed by atoms with Gasteiger partial charge in [0.05, 0.1) is 24.1 Å². The van der Waals surface area contributed by atoms with Gasteiger partial charge in [-0.25, -0.2) is 22.0 Å².